The van der Waals surface area contributed by atoms with Crippen molar-refractivity contribution < 1.29 is 4.79 Å². The zero-order valence-electron chi connectivity index (χ0n) is 10.1. The van der Waals surface area contributed by atoms with Crippen molar-refractivity contribution in [1.29, 1.82) is 0 Å². The number of hydrogen-bond acceptors (Lipinski definition) is 1. The molecule has 0 saturated carbocycles. The monoisotopic (exact) mass is 303 g/mol. The fourth-order valence-electron chi connectivity index (χ4n) is 1.78. The predicted octanol–water partition coefficient (Wildman–Crippen LogP) is 3.72. The fraction of sp³-hybridized carbons (Fsp3) is 0.133. The summed E-state index contributed by atoms with van der Waals surface area (Å²) in [6.45, 7) is 0.604. The topological polar surface area (TPSA) is 20.3 Å². The molecule has 0 aromatic heterocycles. The van der Waals surface area contributed by atoms with Gasteiger partial charge in [-0.05, 0) is 29.8 Å². The highest BCUT2D eigenvalue weighted by Gasteiger charge is 2.11. The van der Waals surface area contributed by atoms with E-state index in [9.17, 15) is 4.79 Å². The van der Waals surface area contributed by atoms with Gasteiger partial charge in [-0.2, -0.15) is 0 Å². The molecule has 0 atom stereocenters. The Hall–Kier alpha value is -1.61. The standard InChI is InChI=1S/C15H14BrNO/c1-17(11-12-6-5-9-14(16)10-12)15(18)13-7-3-2-4-8-13/h2-10H,11H2,1H3. The molecule has 2 aromatic rings. The molecule has 18 heavy (non-hydrogen) atoms. The second kappa shape index (κ2) is 5.83. The van der Waals surface area contributed by atoms with E-state index in [1.54, 1.807) is 4.90 Å². The third-order valence-corrected chi connectivity index (χ3v) is 3.17. The number of nitrogens with zero attached hydrogens (tertiary/aromatic N) is 1. The first kappa shape index (κ1) is 12.8. The molecule has 0 spiro atoms. The van der Waals surface area contributed by atoms with Crippen molar-refractivity contribution in [2.24, 2.45) is 0 Å². The van der Waals surface area contributed by atoms with Crippen LogP contribution in [0, 0.1) is 0 Å². The van der Waals surface area contributed by atoms with Crippen LogP contribution in [0.5, 0.6) is 0 Å². The molecular weight excluding hydrogens is 290 g/mol. The van der Waals surface area contributed by atoms with Crippen LogP contribution in [-0.2, 0) is 6.54 Å². The molecule has 0 bridgehead atoms. The molecule has 0 aliphatic rings. The molecular formula is C15H14BrNO. The molecule has 0 heterocycles. The number of halogens is 1. The van der Waals surface area contributed by atoms with E-state index in [0.717, 1.165) is 15.6 Å². The average molecular weight is 304 g/mol. The SMILES string of the molecule is CN(Cc1cccc(Br)c1)C(=O)c1ccccc1. The number of amides is 1. The van der Waals surface area contributed by atoms with Crippen molar-refractivity contribution in [2.75, 3.05) is 7.05 Å². The molecule has 0 radical (unpaired) electrons. The van der Waals surface area contributed by atoms with Gasteiger partial charge < -0.3 is 4.90 Å². The summed E-state index contributed by atoms with van der Waals surface area (Å²) < 4.78 is 1.03. The molecule has 2 aromatic carbocycles. The summed E-state index contributed by atoms with van der Waals surface area (Å²) in [5.41, 5.74) is 1.83. The summed E-state index contributed by atoms with van der Waals surface area (Å²) in [6.07, 6.45) is 0. The molecule has 2 nitrogen and oxygen atoms in total. The van der Waals surface area contributed by atoms with Crippen molar-refractivity contribution in [3.05, 3.63) is 70.2 Å². The van der Waals surface area contributed by atoms with E-state index in [1.165, 1.54) is 0 Å². The Kier molecular flexibility index (Phi) is 4.15. The highest BCUT2D eigenvalue weighted by atomic mass is 79.9. The van der Waals surface area contributed by atoms with Crippen LogP contribution < -0.4 is 0 Å². The van der Waals surface area contributed by atoms with Crippen molar-refractivity contribution >= 4 is 21.8 Å². The number of benzene rings is 2. The summed E-state index contributed by atoms with van der Waals surface area (Å²) in [6, 6.07) is 17.3. The maximum atomic E-state index is 12.1. The molecule has 2 rings (SSSR count). The van der Waals surface area contributed by atoms with Crippen molar-refractivity contribution in [1.82, 2.24) is 4.90 Å². The van der Waals surface area contributed by atoms with Crippen LogP contribution in [0.25, 0.3) is 0 Å². The first-order chi connectivity index (χ1) is 8.66. The maximum absolute atomic E-state index is 12.1. The van der Waals surface area contributed by atoms with Gasteiger partial charge in [0.25, 0.3) is 5.91 Å². The second-order valence-corrected chi connectivity index (χ2v) is 5.07. The van der Waals surface area contributed by atoms with Crippen molar-refractivity contribution in [2.45, 2.75) is 6.54 Å². The Bertz CT molecular complexity index is 539. The summed E-state index contributed by atoms with van der Waals surface area (Å²) in [4.78, 5) is 13.9. The van der Waals surface area contributed by atoms with Crippen LogP contribution in [-0.4, -0.2) is 17.9 Å². The molecule has 0 saturated heterocycles. The third-order valence-electron chi connectivity index (χ3n) is 2.68. The van der Waals surface area contributed by atoms with Crippen LogP contribution >= 0.6 is 15.9 Å². The Balaban J connectivity index is 2.09. The summed E-state index contributed by atoms with van der Waals surface area (Å²) in [5.74, 6) is 0.0376. The van der Waals surface area contributed by atoms with Crippen LogP contribution in [0.4, 0.5) is 0 Å². The second-order valence-electron chi connectivity index (χ2n) is 4.16. The summed E-state index contributed by atoms with van der Waals surface area (Å²) in [5, 5.41) is 0. The van der Waals surface area contributed by atoms with Gasteiger partial charge in [0.1, 0.15) is 0 Å². The first-order valence-corrected chi connectivity index (χ1v) is 6.51. The van der Waals surface area contributed by atoms with Crippen molar-refractivity contribution in [3.63, 3.8) is 0 Å². The molecule has 0 aliphatic heterocycles. The predicted molar refractivity (Wildman–Crippen MR) is 76.4 cm³/mol. The minimum Gasteiger partial charge on any atom is -0.337 e. The summed E-state index contributed by atoms with van der Waals surface area (Å²) >= 11 is 3.43. The molecule has 3 heteroatoms. The Morgan fingerprint density at radius 2 is 1.83 bits per heavy atom. The fourth-order valence-corrected chi connectivity index (χ4v) is 2.23. The molecule has 0 N–H and O–H groups in total. The summed E-state index contributed by atoms with van der Waals surface area (Å²) in [7, 11) is 1.82. The van der Waals surface area contributed by atoms with Gasteiger partial charge in [-0.25, -0.2) is 0 Å². The number of hydrogen-bond donors (Lipinski definition) is 0. The third kappa shape index (κ3) is 3.20. The Labute approximate surface area is 115 Å². The van der Waals surface area contributed by atoms with E-state index in [0.29, 0.717) is 6.54 Å². The van der Waals surface area contributed by atoms with Gasteiger partial charge in [-0.3, -0.25) is 4.79 Å². The van der Waals surface area contributed by atoms with Crippen molar-refractivity contribution in [3.8, 4) is 0 Å². The molecule has 0 fully saturated rings. The minimum atomic E-state index is 0.0376. The molecule has 92 valence electrons. The average Bonchev–Trinajstić information content (AvgIpc) is 2.39. The lowest BCUT2D eigenvalue weighted by Crippen LogP contribution is -2.26. The number of rotatable bonds is 3. The zero-order chi connectivity index (χ0) is 13.0. The van der Waals surface area contributed by atoms with E-state index in [-0.39, 0.29) is 5.91 Å². The van der Waals surface area contributed by atoms with Gasteiger partial charge in [0.15, 0.2) is 0 Å². The molecule has 0 unspecified atom stereocenters. The first-order valence-electron chi connectivity index (χ1n) is 5.72. The minimum absolute atomic E-state index is 0.0376. The highest BCUT2D eigenvalue weighted by Crippen LogP contribution is 2.14. The Morgan fingerprint density at radius 1 is 1.11 bits per heavy atom. The zero-order valence-corrected chi connectivity index (χ0v) is 11.7. The van der Waals surface area contributed by atoms with Gasteiger partial charge >= 0.3 is 0 Å². The highest BCUT2D eigenvalue weighted by molar-refractivity contribution is 9.10. The molecule has 1 amide bonds. The normalized spacial score (nSPS) is 10.1. The lowest BCUT2D eigenvalue weighted by atomic mass is 10.1. The lowest BCUT2D eigenvalue weighted by Gasteiger charge is -2.17. The van der Waals surface area contributed by atoms with E-state index in [1.807, 2.05) is 61.6 Å². The van der Waals surface area contributed by atoms with E-state index in [2.05, 4.69) is 15.9 Å². The van der Waals surface area contributed by atoms with Gasteiger partial charge in [-0.1, -0.05) is 46.3 Å². The lowest BCUT2D eigenvalue weighted by molar-refractivity contribution is 0.0785. The number of carbonyl (C=O) groups is 1. The Morgan fingerprint density at radius 3 is 2.50 bits per heavy atom. The quantitative estimate of drug-likeness (QED) is 0.846. The smallest absolute Gasteiger partial charge is 0.253 e. The molecule has 0 aliphatic carbocycles. The van der Waals surface area contributed by atoms with E-state index < -0.39 is 0 Å². The van der Waals surface area contributed by atoms with Crippen LogP contribution in [0.1, 0.15) is 15.9 Å². The van der Waals surface area contributed by atoms with Gasteiger partial charge in [0, 0.05) is 23.6 Å². The van der Waals surface area contributed by atoms with Crippen LogP contribution in [0.2, 0.25) is 0 Å². The largest absolute Gasteiger partial charge is 0.337 e. The van der Waals surface area contributed by atoms with Gasteiger partial charge in [0.05, 0.1) is 0 Å². The van der Waals surface area contributed by atoms with Gasteiger partial charge in [0.2, 0.25) is 0 Å². The van der Waals surface area contributed by atoms with Gasteiger partial charge in [-0.15, -0.1) is 0 Å². The van der Waals surface area contributed by atoms with Crippen LogP contribution in [0.15, 0.2) is 59.1 Å². The van der Waals surface area contributed by atoms with Crippen LogP contribution in [0.3, 0.4) is 0 Å². The van der Waals surface area contributed by atoms with E-state index in [4.69, 9.17) is 0 Å². The maximum Gasteiger partial charge on any atom is 0.253 e. The van der Waals surface area contributed by atoms with E-state index >= 15 is 0 Å². The number of carbonyl (C=O) groups excluding carboxylic acids is 1.